The van der Waals surface area contributed by atoms with Crippen molar-refractivity contribution < 1.29 is 13.2 Å². The summed E-state index contributed by atoms with van der Waals surface area (Å²) in [6.45, 7) is 0. The number of rotatable bonds is 1. The van der Waals surface area contributed by atoms with E-state index < -0.39 is 11.7 Å². The summed E-state index contributed by atoms with van der Waals surface area (Å²) in [6, 6.07) is 4.17. The van der Waals surface area contributed by atoms with E-state index in [-0.39, 0.29) is 0 Å². The van der Waals surface area contributed by atoms with Crippen molar-refractivity contribution in [3.63, 3.8) is 0 Å². The fourth-order valence-corrected chi connectivity index (χ4v) is 0.819. The summed E-state index contributed by atoms with van der Waals surface area (Å²) < 4.78 is 36.0. The first-order chi connectivity index (χ1) is 6.04. The molecule has 0 spiro atoms. The molecule has 0 aliphatic rings. The molecular weight excluding hydrogens is 183 g/mol. The zero-order valence-electron chi connectivity index (χ0n) is 6.38. The minimum absolute atomic E-state index is 0.350. The van der Waals surface area contributed by atoms with E-state index in [1.54, 1.807) is 0 Å². The van der Waals surface area contributed by atoms with Crippen LogP contribution in [0.2, 0.25) is 0 Å². The third-order valence-corrected chi connectivity index (χ3v) is 1.44. The highest BCUT2D eigenvalue weighted by Crippen LogP contribution is 2.28. The maximum absolute atomic E-state index is 12.0. The van der Waals surface area contributed by atoms with Crippen LogP contribution < -0.4 is 0 Å². The standard InChI is InChI=1S/C8H6F3NO/c9-8(10,11)7-3-1-6(2-4-7)5-12-13/h1-5,13H/p-1/b12-5+. The van der Waals surface area contributed by atoms with Crippen LogP contribution in [0.5, 0.6) is 0 Å². The van der Waals surface area contributed by atoms with Gasteiger partial charge in [0.15, 0.2) is 0 Å². The summed E-state index contributed by atoms with van der Waals surface area (Å²) in [5, 5.41) is 12.2. The summed E-state index contributed by atoms with van der Waals surface area (Å²) in [5.74, 6) is 0. The van der Waals surface area contributed by atoms with Crippen molar-refractivity contribution in [3.05, 3.63) is 40.6 Å². The second-order valence-corrected chi connectivity index (χ2v) is 2.35. The van der Waals surface area contributed by atoms with Crippen LogP contribution in [0.1, 0.15) is 11.1 Å². The topological polar surface area (TPSA) is 35.4 Å². The van der Waals surface area contributed by atoms with Gasteiger partial charge in [-0.05, 0) is 17.7 Å². The van der Waals surface area contributed by atoms with E-state index in [1.165, 1.54) is 12.1 Å². The monoisotopic (exact) mass is 188 g/mol. The molecule has 0 unspecified atom stereocenters. The van der Waals surface area contributed by atoms with Gasteiger partial charge in [0.05, 0.1) is 5.56 Å². The van der Waals surface area contributed by atoms with Gasteiger partial charge >= 0.3 is 6.18 Å². The van der Waals surface area contributed by atoms with E-state index in [0.29, 0.717) is 5.56 Å². The van der Waals surface area contributed by atoms with Gasteiger partial charge in [-0.25, -0.2) is 0 Å². The molecule has 0 bridgehead atoms. The Morgan fingerprint density at radius 1 is 1.15 bits per heavy atom. The Morgan fingerprint density at radius 2 is 1.69 bits per heavy atom. The van der Waals surface area contributed by atoms with Gasteiger partial charge in [-0.15, -0.1) is 0 Å². The summed E-state index contributed by atoms with van der Waals surface area (Å²) >= 11 is 0. The van der Waals surface area contributed by atoms with Crippen LogP contribution in [0.25, 0.3) is 0 Å². The van der Waals surface area contributed by atoms with Crippen LogP contribution in [0.3, 0.4) is 0 Å². The van der Waals surface area contributed by atoms with E-state index in [4.69, 9.17) is 0 Å². The average molecular weight is 188 g/mol. The van der Waals surface area contributed by atoms with Crippen molar-refractivity contribution in [3.8, 4) is 0 Å². The molecule has 5 heteroatoms. The van der Waals surface area contributed by atoms with Gasteiger partial charge in [0, 0.05) is 6.21 Å². The Labute approximate surface area is 72.3 Å². The zero-order valence-corrected chi connectivity index (χ0v) is 6.38. The number of alkyl halides is 3. The Kier molecular flexibility index (Phi) is 2.55. The number of hydrogen-bond donors (Lipinski definition) is 0. The Bertz CT molecular complexity index is 302. The van der Waals surface area contributed by atoms with Gasteiger partial charge in [-0.2, -0.15) is 13.2 Å². The van der Waals surface area contributed by atoms with Crippen molar-refractivity contribution in [1.29, 1.82) is 0 Å². The molecule has 0 radical (unpaired) electrons. The highest BCUT2D eigenvalue weighted by atomic mass is 19.4. The van der Waals surface area contributed by atoms with E-state index in [9.17, 15) is 18.4 Å². The molecule has 2 nitrogen and oxygen atoms in total. The third-order valence-electron chi connectivity index (χ3n) is 1.44. The molecule has 1 aromatic carbocycles. The van der Waals surface area contributed by atoms with Crippen LogP contribution in [-0.4, -0.2) is 6.21 Å². The average Bonchev–Trinajstić information content (AvgIpc) is 2.04. The predicted octanol–water partition coefficient (Wildman–Crippen LogP) is 2.62. The van der Waals surface area contributed by atoms with Crippen LogP contribution >= 0.6 is 0 Å². The first kappa shape index (κ1) is 9.57. The summed E-state index contributed by atoms with van der Waals surface area (Å²) in [4.78, 5) is 0. The van der Waals surface area contributed by atoms with Gasteiger partial charge < -0.3 is 10.4 Å². The lowest BCUT2D eigenvalue weighted by molar-refractivity contribution is -0.137. The molecule has 0 amide bonds. The molecule has 0 fully saturated rings. The normalized spacial score (nSPS) is 12.2. The van der Waals surface area contributed by atoms with E-state index in [2.05, 4.69) is 5.16 Å². The zero-order chi connectivity index (χ0) is 9.90. The van der Waals surface area contributed by atoms with Crippen LogP contribution in [0, 0.1) is 5.21 Å². The quantitative estimate of drug-likeness (QED) is 0.492. The molecule has 1 aromatic rings. The summed E-state index contributed by atoms with van der Waals surface area (Å²) in [6.07, 6.45) is -3.40. The first-order valence-corrected chi connectivity index (χ1v) is 3.37. The fourth-order valence-electron chi connectivity index (χ4n) is 0.819. The highest BCUT2D eigenvalue weighted by molar-refractivity contribution is 5.79. The third kappa shape index (κ3) is 2.47. The lowest BCUT2D eigenvalue weighted by Gasteiger charge is -2.05. The first-order valence-electron chi connectivity index (χ1n) is 3.37. The molecule has 0 aliphatic carbocycles. The number of halogens is 3. The summed E-state index contributed by atoms with van der Waals surface area (Å²) in [7, 11) is 0. The van der Waals surface area contributed by atoms with Gasteiger partial charge in [0.2, 0.25) is 0 Å². The second kappa shape index (κ2) is 3.47. The Balaban J connectivity index is 2.94. The Hall–Kier alpha value is -1.52. The Morgan fingerprint density at radius 3 is 2.08 bits per heavy atom. The van der Waals surface area contributed by atoms with E-state index in [0.717, 1.165) is 18.3 Å². The predicted molar refractivity (Wildman–Crippen MR) is 42.4 cm³/mol. The molecule has 0 saturated heterocycles. The van der Waals surface area contributed by atoms with E-state index in [1.807, 2.05) is 0 Å². The van der Waals surface area contributed by atoms with Gasteiger partial charge in [0.25, 0.3) is 0 Å². The van der Waals surface area contributed by atoms with Crippen LogP contribution in [0.4, 0.5) is 13.2 Å². The van der Waals surface area contributed by atoms with Crippen LogP contribution in [0.15, 0.2) is 29.4 Å². The largest absolute Gasteiger partial charge is 0.792 e. The van der Waals surface area contributed by atoms with Crippen molar-refractivity contribution in [2.24, 2.45) is 5.16 Å². The number of nitrogens with zero attached hydrogens (tertiary/aromatic N) is 1. The minimum Gasteiger partial charge on any atom is -0.792 e. The maximum Gasteiger partial charge on any atom is 0.416 e. The number of hydrogen-bond acceptors (Lipinski definition) is 2. The highest BCUT2D eigenvalue weighted by Gasteiger charge is 2.29. The summed E-state index contributed by atoms with van der Waals surface area (Å²) in [5.41, 5.74) is -0.390. The van der Waals surface area contributed by atoms with Crippen LogP contribution in [-0.2, 0) is 6.18 Å². The molecule has 0 aliphatic heterocycles. The second-order valence-electron chi connectivity index (χ2n) is 2.35. The van der Waals surface area contributed by atoms with Crippen molar-refractivity contribution in [2.75, 3.05) is 0 Å². The molecule has 70 valence electrons. The molecule has 1 rings (SSSR count). The fraction of sp³-hybridized carbons (Fsp3) is 0.125. The maximum atomic E-state index is 12.0. The van der Waals surface area contributed by atoms with Crippen molar-refractivity contribution in [1.82, 2.24) is 0 Å². The van der Waals surface area contributed by atoms with Crippen molar-refractivity contribution in [2.45, 2.75) is 6.18 Å². The molecule has 0 aromatic heterocycles. The SMILES string of the molecule is [O-]/N=C/c1ccc(C(F)(F)F)cc1. The van der Waals surface area contributed by atoms with Gasteiger partial charge in [-0.1, -0.05) is 12.1 Å². The van der Waals surface area contributed by atoms with Gasteiger partial charge in [0.1, 0.15) is 0 Å². The molecule has 0 atom stereocenters. The molecule has 0 N–H and O–H groups in total. The molecule has 13 heavy (non-hydrogen) atoms. The van der Waals surface area contributed by atoms with Gasteiger partial charge in [-0.3, -0.25) is 0 Å². The van der Waals surface area contributed by atoms with Crippen molar-refractivity contribution >= 4 is 6.21 Å². The molecular formula is C8H5F3NO-. The molecule has 0 saturated carbocycles. The smallest absolute Gasteiger partial charge is 0.416 e. The lowest BCUT2D eigenvalue weighted by Crippen LogP contribution is -2.04. The minimum atomic E-state index is -4.34. The molecule has 0 heterocycles. The lowest BCUT2D eigenvalue weighted by atomic mass is 10.1. The van der Waals surface area contributed by atoms with E-state index >= 15 is 0 Å². The number of benzene rings is 1.